The molecule has 6 nitrogen and oxygen atoms in total. The van der Waals surface area contributed by atoms with Crippen molar-refractivity contribution >= 4 is 11.6 Å². The number of aromatic nitrogens is 2. The lowest BCUT2D eigenvalue weighted by atomic mass is 10.0. The molecule has 1 fully saturated rings. The summed E-state index contributed by atoms with van der Waals surface area (Å²) < 4.78 is 5.94. The van der Waals surface area contributed by atoms with Gasteiger partial charge in [-0.2, -0.15) is 0 Å². The minimum absolute atomic E-state index is 0.0265. The highest BCUT2D eigenvalue weighted by Crippen LogP contribution is 2.30. The predicted octanol–water partition coefficient (Wildman–Crippen LogP) is 2.90. The highest BCUT2D eigenvalue weighted by atomic mass is 16.5. The van der Waals surface area contributed by atoms with Crippen LogP contribution >= 0.6 is 0 Å². The second-order valence-corrected chi connectivity index (χ2v) is 6.48. The van der Waals surface area contributed by atoms with E-state index in [-0.39, 0.29) is 6.10 Å². The number of carbonyl (C=O) groups is 1. The molecule has 0 bridgehead atoms. The van der Waals surface area contributed by atoms with Crippen LogP contribution in [-0.2, 0) is 0 Å². The third kappa shape index (κ3) is 3.74. The molecule has 0 aliphatic carbocycles. The molecule has 1 amide bonds. The molecular weight excluding hydrogens is 340 g/mol. The molecule has 1 saturated heterocycles. The van der Waals surface area contributed by atoms with Crippen molar-refractivity contribution in [1.29, 1.82) is 0 Å². The normalized spacial score (nSPS) is 16.3. The minimum Gasteiger partial charge on any atom is -0.472 e. The van der Waals surface area contributed by atoms with Crippen LogP contribution in [0.3, 0.4) is 0 Å². The van der Waals surface area contributed by atoms with Gasteiger partial charge in [-0.3, -0.25) is 9.78 Å². The average Bonchev–Trinajstić information content (AvgIpc) is 3.17. The lowest BCUT2D eigenvalue weighted by Gasteiger charge is -2.22. The molecule has 0 radical (unpaired) electrons. The number of anilines is 1. The molecule has 1 aliphatic rings. The Labute approximate surface area is 157 Å². The van der Waals surface area contributed by atoms with Crippen LogP contribution in [0.5, 0.6) is 5.88 Å². The van der Waals surface area contributed by atoms with Gasteiger partial charge in [-0.15, -0.1) is 0 Å². The monoisotopic (exact) mass is 360 g/mol. The Morgan fingerprint density at radius 3 is 2.78 bits per heavy atom. The molecule has 0 spiro atoms. The van der Waals surface area contributed by atoms with Gasteiger partial charge >= 0.3 is 0 Å². The highest BCUT2D eigenvalue weighted by Gasteiger charge is 2.27. The number of benzene rings is 1. The van der Waals surface area contributed by atoms with Crippen molar-refractivity contribution in [2.75, 3.05) is 18.0 Å². The van der Waals surface area contributed by atoms with E-state index < -0.39 is 5.91 Å². The van der Waals surface area contributed by atoms with Gasteiger partial charge in [0.25, 0.3) is 5.91 Å². The fourth-order valence-corrected chi connectivity index (χ4v) is 3.35. The first-order chi connectivity index (χ1) is 13.2. The zero-order valence-electron chi connectivity index (χ0n) is 14.8. The summed E-state index contributed by atoms with van der Waals surface area (Å²) in [7, 11) is 0. The topological polar surface area (TPSA) is 81.3 Å². The summed E-state index contributed by atoms with van der Waals surface area (Å²) in [6.45, 7) is 1.48. The van der Waals surface area contributed by atoms with Crippen molar-refractivity contribution in [3.05, 3.63) is 72.7 Å². The molecule has 136 valence electrons. The number of ether oxygens (including phenoxy) is 1. The van der Waals surface area contributed by atoms with Crippen molar-refractivity contribution < 1.29 is 9.53 Å². The Hall–Kier alpha value is -3.41. The summed E-state index contributed by atoms with van der Waals surface area (Å²) >= 11 is 0. The molecule has 3 heterocycles. The number of hydrogen-bond acceptors (Lipinski definition) is 5. The van der Waals surface area contributed by atoms with E-state index in [0.717, 1.165) is 29.8 Å². The van der Waals surface area contributed by atoms with Crippen LogP contribution in [0.4, 0.5) is 5.69 Å². The second kappa shape index (κ2) is 7.45. The zero-order valence-corrected chi connectivity index (χ0v) is 14.8. The molecule has 1 atom stereocenters. The number of pyridine rings is 2. The maximum Gasteiger partial charge on any atom is 0.250 e. The van der Waals surface area contributed by atoms with Gasteiger partial charge in [0.1, 0.15) is 6.10 Å². The summed E-state index contributed by atoms with van der Waals surface area (Å²) in [6, 6.07) is 15.2. The molecule has 6 heteroatoms. The number of nitrogens with two attached hydrogens (primary N) is 1. The smallest absolute Gasteiger partial charge is 0.250 e. The van der Waals surface area contributed by atoms with E-state index in [1.54, 1.807) is 18.6 Å². The van der Waals surface area contributed by atoms with Gasteiger partial charge < -0.3 is 15.4 Å². The summed E-state index contributed by atoms with van der Waals surface area (Å²) in [6.07, 6.45) is 6.09. The first-order valence-electron chi connectivity index (χ1n) is 8.87. The number of amides is 1. The van der Waals surface area contributed by atoms with Crippen LogP contribution in [0.2, 0.25) is 0 Å². The minimum atomic E-state index is -0.440. The molecule has 2 aromatic heterocycles. The van der Waals surface area contributed by atoms with E-state index in [4.69, 9.17) is 10.5 Å². The van der Waals surface area contributed by atoms with Gasteiger partial charge in [0.15, 0.2) is 0 Å². The first kappa shape index (κ1) is 17.0. The number of hydrogen-bond donors (Lipinski definition) is 1. The lowest BCUT2D eigenvalue weighted by Crippen LogP contribution is -2.27. The van der Waals surface area contributed by atoms with Crippen molar-refractivity contribution in [2.24, 2.45) is 5.73 Å². The highest BCUT2D eigenvalue weighted by molar-refractivity contribution is 6.00. The SMILES string of the molecule is NC(=O)c1cc(-c2cccnc2)ccc1N1CCC(Oc2ccccn2)C1. The second-order valence-electron chi connectivity index (χ2n) is 6.48. The maximum absolute atomic E-state index is 12.1. The number of rotatable bonds is 5. The van der Waals surface area contributed by atoms with E-state index in [0.29, 0.717) is 18.0 Å². The van der Waals surface area contributed by atoms with Gasteiger partial charge in [-0.25, -0.2) is 4.98 Å². The van der Waals surface area contributed by atoms with Gasteiger partial charge in [0.05, 0.1) is 12.1 Å². The van der Waals surface area contributed by atoms with Gasteiger partial charge in [-0.1, -0.05) is 18.2 Å². The average molecular weight is 360 g/mol. The Bertz CT molecular complexity index is 931. The molecule has 27 heavy (non-hydrogen) atoms. The van der Waals surface area contributed by atoms with Gasteiger partial charge in [-0.05, 0) is 29.8 Å². The summed E-state index contributed by atoms with van der Waals surface area (Å²) in [4.78, 5) is 22.6. The third-order valence-corrected chi connectivity index (χ3v) is 4.67. The molecule has 0 saturated carbocycles. The summed E-state index contributed by atoms with van der Waals surface area (Å²) in [5, 5.41) is 0. The van der Waals surface area contributed by atoms with E-state index in [9.17, 15) is 4.79 Å². The number of nitrogens with zero attached hydrogens (tertiary/aromatic N) is 3. The Morgan fingerprint density at radius 2 is 2.04 bits per heavy atom. The van der Waals surface area contributed by atoms with E-state index >= 15 is 0 Å². The van der Waals surface area contributed by atoms with E-state index in [1.165, 1.54) is 0 Å². The maximum atomic E-state index is 12.1. The molecule has 1 unspecified atom stereocenters. The fourth-order valence-electron chi connectivity index (χ4n) is 3.35. The van der Waals surface area contributed by atoms with Crippen LogP contribution < -0.4 is 15.4 Å². The fraction of sp³-hybridized carbons (Fsp3) is 0.190. The van der Waals surface area contributed by atoms with Crippen molar-refractivity contribution in [1.82, 2.24) is 9.97 Å². The van der Waals surface area contributed by atoms with Crippen LogP contribution in [-0.4, -0.2) is 35.1 Å². The van der Waals surface area contributed by atoms with Crippen LogP contribution in [0.25, 0.3) is 11.1 Å². The van der Waals surface area contributed by atoms with Crippen LogP contribution in [0.15, 0.2) is 67.1 Å². The lowest BCUT2D eigenvalue weighted by molar-refractivity contribution is 0.100. The molecule has 1 aliphatic heterocycles. The Morgan fingerprint density at radius 1 is 1.11 bits per heavy atom. The molecule has 2 N–H and O–H groups in total. The molecule has 1 aromatic carbocycles. The number of carbonyl (C=O) groups excluding carboxylic acids is 1. The van der Waals surface area contributed by atoms with E-state index in [1.807, 2.05) is 48.5 Å². The number of primary amides is 1. The molecule has 3 aromatic rings. The molecular formula is C21H20N4O2. The largest absolute Gasteiger partial charge is 0.472 e. The van der Waals surface area contributed by atoms with Gasteiger partial charge in [0.2, 0.25) is 5.88 Å². The van der Waals surface area contributed by atoms with E-state index in [2.05, 4.69) is 14.9 Å². The first-order valence-corrected chi connectivity index (χ1v) is 8.87. The zero-order chi connectivity index (χ0) is 18.6. The molecule has 4 rings (SSSR count). The Kier molecular flexibility index (Phi) is 4.70. The van der Waals surface area contributed by atoms with Crippen molar-refractivity contribution in [3.8, 4) is 17.0 Å². The standard InChI is InChI=1S/C21H20N4O2/c22-21(26)18-12-15(16-4-3-9-23-13-16)6-7-19(18)25-11-8-17(14-25)27-20-5-1-2-10-24-20/h1-7,9-10,12-13,17H,8,11,14H2,(H2,22,26). The quantitative estimate of drug-likeness (QED) is 0.757. The predicted molar refractivity (Wildman–Crippen MR) is 104 cm³/mol. The summed E-state index contributed by atoms with van der Waals surface area (Å²) in [5.41, 5.74) is 8.88. The van der Waals surface area contributed by atoms with Crippen molar-refractivity contribution in [2.45, 2.75) is 12.5 Å². The summed E-state index contributed by atoms with van der Waals surface area (Å²) in [5.74, 6) is 0.177. The van der Waals surface area contributed by atoms with Crippen LogP contribution in [0.1, 0.15) is 16.8 Å². The van der Waals surface area contributed by atoms with Crippen LogP contribution in [0, 0.1) is 0 Å². The van der Waals surface area contributed by atoms with Crippen molar-refractivity contribution in [3.63, 3.8) is 0 Å². The van der Waals surface area contributed by atoms with Gasteiger partial charge in [0, 0.05) is 48.9 Å². The third-order valence-electron chi connectivity index (χ3n) is 4.67. The Balaban J connectivity index is 1.56.